The number of likely N-dealkylation sites (tertiary alicyclic amines) is 1. The monoisotopic (exact) mass is 581 g/mol. The van der Waals surface area contributed by atoms with Crippen LogP contribution in [0.1, 0.15) is 80.0 Å². The van der Waals surface area contributed by atoms with Crippen molar-refractivity contribution >= 4 is 22.7 Å². The molecule has 2 aliphatic heterocycles. The van der Waals surface area contributed by atoms with Gasteiger partial charge in [-0.3, -0.25) is 24.8 Å². The van der Waals surface area contributed by atoms with E-state index in [0.29, 0.717) is 42.9 Å². The molecule has 2 N–H and O–H groups in total. The van der Waals surface area contributed by atoms with Gasteiger partial charge in [-0.05, 0) is 72.6 Å². The van der Waals surface area contributed by atoms with Crippen LogP contribution in [0, 0.1) is 11.2 Å². The number of amides is 2. The lowest BCUT2D eigenvalue weighted by molar-refractivity contribution is -0.134. The molecule has 9 heteroatoms. The van der Waals surface area contributed by atoms with Gasteiger partial charge in [0.2, 0.25) is 11.8 Å². The van der Waals surface area contributed by atoms with Crippen molar-refractivity contribution in [2.24, 2.45) is 5.41 Å². The molecular formula is C34H36FN5O3. The van der Waals surface area contributed by atoms with Gasteiger partial charge in [-0.2, -0.15) is 5.10 Å². The zero-order chi connectivity index (χ0) is 29.9. The smallest absolute Gasteiger partial charge is 0.234 e. The molecule has 2 amide bonds. The normalized spacial score (nSPS) is 24.3. The van der Waals surface area contributed by atoms with Crippen molar-refractivity contribution in [3.63, 3.8) is 0 Å². The molecule has 8 nitrogen and oxygen atoms in total. The molecule has 1 unspecified atom stereocenters. The van der Waals surface area contributed by atoms with E-state index in [1.54, 1.807) is 24.4 Å². The van der Waals surface area contributed by atoms with E-state index in [1.807, 2.05) is 24.7 Å². The SMILES string of the molecule is CC1(C)CN(Cc2ccc(-n3cc(C4CC4)cn3)cc2)CC[C@@]1(O)c1ccc2ncc(C3CCC(=O)NC3=O)cc2c1F. The van der Waals surface area contributed by atoms with E-state index in [9.17, 15) is 14.7 Å². The second-order valence-electron chi connectivity index (χ2n) is 13.1. The van der Waals surface area contributed by atoms with Gasteiger partial charge >= 0.3 is 0 Å². The fourth-order valence-corrected chi connectivity index (χ4v) is 6.88. The van der Waals surface area contributed by atoms with E-state index in [-0.39, 0.29) is 29.2 Å². The van der Waals surface area contributed by atoms with Crippen LogP contribution in [0.15, 0.2) is 61.1 Å². The van der Waals surface area contributed by atoms with Crippen LogP contribution in [0.5, 0.6) is 0 Å². The molecule has 222 valence electrons. The Morgan fingerprint density at radius 2 is 1.84 bits per heavy atom. The van der Waals surface area contributed by atoms with Gasteiger partial charge in [0, 0.05) is 54.8 Å². The van der Waals surface area contributed by atoms with E-state index in [2.05, 4.69) is 50.8 Å². The number of piperidine rings is 2. The molecule has 0 bridgehead atoms. The second-order valence-corrected chi connectivity index (χ2v) is 13.1. The van der Waals surface area contributed by atoms with Gasteiger partial charge in [-0.25, -0.2) is 9.07 Å². The van der Waals surface area contributed by atoms with Gasteiger partial charge in [0.1, 0.15) is 5.82 Å². The van der Waals surface area contributed by atoms with Gasteiger partial charge in [0.05, 0.1) is 28.9 Å². The Bertz CT molecular complexity index is 1730. The topological polar surface area (TPSA) is 100 Å². The minimum absolute atomic E-state index is 0.233. The van der Waals surface area contributed by atoms with Crippen molar-refractivity contribution in [2.75, 3.05) is 13.1 Å². The van der Waals surface area contributed by atoms with Crippen LogP contribution in [0.25, 0.3) is 16.6 Å². The quantitative estimate of drug-likeness (QED) is 0.308. The molecule has 2 atom stereocenters. The summed E-state index contributed by atoms with van der Waals surface area (Å²) in [7, 11) is 0. The largest absolute Gasteiger partial charge is 0.384 e. The molecule has 3 fully saturated rings. The van der Waals surface area contributed by atoms with Gasteiger partial charge in [-0.1, -0.05) is 32.0 Å². The van der Waals surface area contributed by atoms with Crippen LogP contribution in [0.2, 0.25) is 0 Å². The maximum Gasteiger partial charge on any atom is 0.234 e. The van der Waals surface area contributed by atoms with Crippen molar-refractivity contribution in [3.8, 4) is 5.69 Å². The van der Waals surface area contributed by atoms with E-state index in [1.165, 1.54) is 24.0 Å². The number of fused-ring (bicyclic) bond motifs is 1. The molecule has 43 heavy (non-hydrogen) atoms. The highest BCUT2D eigenvalue weighted by atomic mass is 19.1. The van der Waals surface area contributed by atoms with Crippen LogP contribution in [-0.4, -0.2) is 49.7 Å². The molecule has 1 saturated carbocycles. The summed E-state index contributed by atoms with van der Waals surface area (Å²) >= 11 is 0. The molecular weight excluding hydrogens is 545 g/mol. The summed E-state index contributed by atoms with van der Waals surface area (Å²) < 4.78 is 18.2. The second kappa shape index (κ2) is 10.3. The fraction of sp³-hybridized carbons (Fsp3) is 0.412. The lowest BCUT2D eigenvalue weighted by atomic mass is 9.66. The number of halogens is 1. The highest BCUT2D eigenvalue weighted by molar-refractivity contribution is 6.01. The maximum absolute atomic E-state index is 16.2. The van der Waals surface area contributed by atoms with Gasteiger partial charge in [-0.15, -0.1) is 0 Å². The first-order valence-corrected chi connectivity index (χ1v) is 15.1. The number of rotatable bonds is 6. The van der Waals surface area contributed by atoms with Crippen LogP contribution in [-0.2, 0) is 21.7 Å². The third kappa shape index (κ3) is 5.04. The Balaban J connectivity index is 1.09. The van der Waals surface area contributed by atoms with Gasteiger partial charge in [0.25, 0.3) is 0 Å². The zero-order valence-corrected chi connectivity index (χ0v) is 24.5. The number of benzene rings is 2. The molecule has 2 aromatic carbocycles. The number of carbonyl (C=O) groups is 2. The highest BCUT2D eigenvalue weighted by Gasteiger charge is 2.50. The number of carbonyl (C=O) groups excluding carboxylic acids is 2. The summed E-state index contributed by atoms with van der Waals surface area (Å²) in [5.74, 6) is -1.09. The first kappa shape index (κ1) is 27.9. The summed E-state index contributed by atoms with van der Waals surface area (Å²) in [4.78, 5) is 30.8. The van der Waals surface area contributed by atoms with Gasteiger partial charge in [0.15, 0.2) is 0 Å². The Morgan fingerprint density at radius 1 is 1.05 bits per heavy atom. The average molecular weight is 582 g/mol. The summed E-state index contributed by atoms with van der Waals surface area (Å²) in [6.07, 6.45) is 9.14. The number of nitrogens with zero attached hydrogens (tertiary/aromatic N) is 4. The molecule has 4 heterocycles. The van der Waals surface area contributed by atoms with Crippen LogP contribution in [0.4, 0.5) is 4.39 Å². The highest BCUT2D eigenvalue weighted by Crippen LogP contribution is 2.48. The number of hydrogen-bond donors (Lipinski definition) is 2. The van der Waals surface area contributed by atoms with Crippen molar-refractivity contribution in [1.82, 2.24) is 25.0 Å². The molecule has 4 aromatic rings. The number of pyridine rings is 1. The minimum atomic E-state index is -1.39. The standard InChI is InChI=1S/C34H36FN5O3/c1-33(2)20-39(18-21-3-7-25(8-4-21)40-19-24(17-37-40)22-5-6-22)14-13-34(33,43)28-10-11-29-27(31(28)35)15-23(16-36-29)26-9-12-30(41)38-32(26)42/h3-4,7-8,10-11,15-17,19,22,26,43H,5-6,9,12-14,18,20H2,1-2H3,(H,38,41,42)/t26?,34-/m1/s1. The summed E-state index contributed by atoms with van der Waals surface area (Å²) in [5.41, 5.74) is 2.74. The van der Waals surface area contributed by atoms with E-state index in [4.69, 9.17) is 0 Å². The van der Waals surface area contributed by atoms with E-state index < -0.39 is 22.8 Å². The molecule has 0 spiro atoms. The lowest BCUT2D eigenvalue weighted by Gasteiger charge is -2.50. The van der Waals surface area contributed by atoms with E-state index in [0.717, 1.165) is 12.2 Å². The number of nitrogens with one attached hydrogen (secondary N) is 1. The third-order valence-electron chi connectivity index (χ3n) is 9.69. The predicted molar refractivity (Wildman–Crippen MR) is 160 cm³/mol. The Morgan fingerprint density at radius 3 is 2.56 bits per heavy atom. The van der Waals surface area contributed by atoms with Crippen molar-refractivity contribution in [1.29, 1.82) is 0 Å². The molecule has 7 rings (SSSR count). The summed E-state index contributed by atoms with van der Waals surface area (Å²) in [6.45, 7) is 5.89. The number of hydrogen-bond acceptors (Lipinski definition) is 6. The average Bonchev–Trinajstić information content (AvgIpc) is 3.72. The number of aliphatic hydroxyl groups is 1. The Labute approximate surface area is 249 Å². The van der Waals surface area contributed by atoms with E-state index >= 15 is 4.39 Å². The molecule has 2 aromatic heterocycles. The van der Waals surface area contributed by atoms with Crippen LogP contribution >= 0.6 is 0 Å². The van der Waals surface area contributed by atoms with Crippen LogP contribution in [0.3, 0.4) is 0 Å². The fourth-order valence-electron chi connectivity index (χ4n) is 6.88. The predicted octanol–water partition coefficient (Wildman–Crippen LogP) is 5.08. The number of aromatic nitrogens is 3. The summed E-state index contributed by atoms with van der Waals surface area (Å²) in [5, 5.41) is 19.3. The van der Waals surface area contributed by atoms with Crippen molar-refractivity contribution in [3.05, 3.63) is 89.1 Å². The zero-order valence-electron chi connectivity index (χ0n) is 24.5. The molecule has 1 aliphatic carbocycles. The Kier molecular flexibility index (Phi) is 6.70. The van der Waals surface area contributed by atoms with Gasteiger partial charge < -0.3 is 5.11 Å². The van der Waals surface area contributed by atoms with Crippen molar-refractivity contribution in [2.45, 2.75) is 69.9 Å². The summed E-state index contributed by atoms with van der Waals surface area (Å²) in [6, 6.07) is 13.5. The first-order valence-electron chi connectivity index (χ1n) is 15.1. The first-order chi connectivity index (χ1) is 20.6. The molecule has 2 saturated heterocycles. The van der Waals surface area contributed by atoms with Crippen LogP contribution < -0.4 is 5.32 Å². The maximum atomic E-state index is 16.2. The number of imide groups is 1. The van der Waals surface area contributed by atoms with Crippen molar-refractivity contribution < 1.29 is 19.1 Å². The lowest BCUT2D eigenvalue weighted by Crippen LogP contribution is -2.55. The molecule has 3 aliphatic rings. The molecule has 0 radical (unpaired) electrons. The third-order valence-corrected chi connectivity index (χ3v) is 9.69. The minimum Gasteiger partial charge on any atom is -0.384 e. The Hall–Kier alpha value is -3.95.